The van der Waals surface area contributed by atoms with Crippen molar-refractivity contribution in [3.05, 3.63) is 24.3 Å². The number of benzene rings is 1. The number of nitrogens with zero attached hydrogens (tertiary/aromatic N) is 3. The molecule has 0 spiro atoms. The van der Waals surface area contributed by atoms with Gasteiger partial charge in [-0.3, -0.25) is 0 Å². The summed E-state index contributed by atoms with van der Waals surface area (Å²) in [5.74, 6) is 0. The van der Waals surface area contributed by atoms with Gasteiger partial charge >= 0.3 is 0 Å². The monoisotopic (exact) mass is 258 g/mol. The Morgan fingerprint density at radius 1 is 1.32 bits per heavy atom. The highest BCUT2D eigenvalue weighted by atomic mass is 15.2. The molecule has 0 aliphatic carbocycles. The first kappa shape index (κ1) is 13.7. The lowest BCUT2D eigenvalue weighted by molar-refractivity contribution is 0.517. The molecule has 102 valence electrons. The predicted molar refractivity (Wildman–Crippen MR) is 79.4 cm³/mol. The van der Waals surface area contributed by atoms with Crippen molar-refractivity contribution in [2.45, 2.75) is 25.3 Å². The molecule has 0 bridgehead atoms. The van der Waals surface area contributed by atoms with Crippen LogP contribution in [0.2, 0.25) is 0 Å². The molecule has 2 N–H and O–H groups in total. The number of rotatable bonds is 4. The van der Waals surface area contributed by atoms with Crippen LogP contribution in [0.1, 0.15) is 19.8 Å². The maximum atomic E-state index is 8.93. The predicted octanol–water partition coefficient (Wildman–Crippen LogP) is 1.96. The van der Waals surface area contributed by atoms with Crippen LogP contribution >= 0.6 is 0 Å². The maximum absolute atomic E-state index is 8.93. The highest BCUT2D eigenvalue weighted by molar-refractivity contribution is 5.72. The van der Waals surface area contributed by atoms with Gasteiger partial charge in [-0.15, -0.1) is 0 Å². The van der Waals surface area contributed by atoms with E-state index in [9.17, 15) is 0 Å². The number of anilines is 2. The molecule has 2 rings (SSSR count). The van der Waals surface area contributed by atoms with Crippen LogP contribution in [0.3, 0.4) is 0 Å². The summed E-state index contributed by atoms with van der Waals surface area (Å²) in [6.07, 6.45) is 1.68. The van der Waals surface area contributed by atoms with E-state index in [-0.39, 0.29) is 0 Å². The van der Waals surface area contributed by atoms with E-state index in [1.165, 1.54) is 11.4 Å². The molecule has 0 aromatic heterocycles. The average Bonchev–Trinajstić information content (AvgIpc) is 2.42. The lowest BCUT2D eigenvalue weighted by atomic mass is 9.99. The molecule has 1 aromatic rings. The van der Waals surface area contributed by atoms with E-state index in [4.69, 9.17) is 11.0 Å². The first-order valence-corrected chi connectivity index (χ1v) is 6.79. The van der Waals surface area contributed by atoms with Gasteiger partial charge < -0.3 is 15.5 Å². The van der Waals surface area contributed by atoms with Gasteiger partial charge in [0.1, 0.15) is 5.54 Å². The molecule has 1 heterocycles. The van der Waals surface area contributed by atoms with Gasteiger partial charge in [0, 0.05) is 26.7 Å². The van der Waals surface area contributed by atoms with Crippen LogP contribution < -0.4 is 15.5 Å². The molecule has 0 amide bonds. The molecule has 1 unspecified atom stereocenters. The van der Waals surface area contributed by atoms with Gasteiger partial charge in [0.15, 0.2) is 0 Å². The average molecular weight is 258 g/mol. The van der Waals surface area contributed by atoms with Crippen LogP contribution in [0.4, 0.5) is 11.4 Å². The Balaban J connectivity index is 2.00. The summed E-state index contributed by atoms with van der Waals surface area (Å²) in [5, 5.41) is 8.93. The molecule has 1 aliphatic rings. The van der Waals surface area contributed by atoms with Crippen LogP contribution in [0.25, 0.3) is 0 Å². The number of nitrogens with two attached hydrogens (primary N) is 1. The van der Waals surface area contributed by atoms with Crippen LogP contribution in [0.5, 0.6) is 0 Å². The fourth-order valence-electron chi connectivity index (χ4n) is 2.49. The standard InChI is InChI=1S/C15H22N4/c1-15(17,12-16)8-5-9-19-11-10-18(2)13-6-3-4-7-14(13)19/h3-4,6-7H,5,8-11,17H2,1-2H3. The zero-order chi connectivity index (χ0) is 13.9. The van der Waals surface area contributed by atoms with Crippen LogP contribution in [-0.4, -0.2) is 32.2 Å². The van der Waals surface area contributed by atoms with Crippen molar-refractivity contribution < 1.29 is 0 Å². The van der Waals surface area contributed by atoms with Crippen molar-refractivity contribution >= 4 is 11.4 Å². The topological polar surface area (TPSA) is 56.3 Å². The summed E-state index contributed by atoms with van der Waals surface area (Å²) in [7, 11) is 2.13. The Hall–Kier alpha value is -1.73. The summed E-state index contributed by atoms with van der Waals surface area (Å²) in [6, 6.07) is 10.6. The molecular formula is C15H22N4. The molecule has 4 heteroatoms. The summed E-state index contributed by atoms with van der Waals surface area (Å²) in [6.45, 7) is 4.82. The lowest BCUT2D eigenvalue weighted by Crippen LogP contribution is -2.41. The van der Waals surface area contributed by atoms with E-state index in [0.29, 0.717) is 0 Å². The smallest absolute Gasteiger partial charge is 0.101 e. The van der Waals surface area contributed by atoms with Crippen LogP contribution in [-0.2, 0) is 0 Å². The van der Waals surface area contributed by atoms with Gasteiger partial charge in [0.25, 0.3) is 0 Å². The second-order valence-corrected chi connectivity index (χ2v) is 5.53. The summed E-state index contributed by atoms with van der Waals surface area (Å²) in [4.78, 5) is 4.68. The maximum Gasteiger partial charge on any atom is 0.101 e. The highest BCUT2D eigenvalue weighted by Gasteiger charge is 2.21. The number of fused-ring (bicyclic) bond motifs is 1. The van der Waals surface area contributed by atoms with Crippen LogP contribution in [0, 0.1) is 11.3 Å². The van der Waals surface area contributed by atoms with Crippen molar-refractivity contribution in [3.63, 3.8) is 0 Å². The quantitative estimate of drug-likeness (QED) is 0.897. The van der Waals surface area contributed by atoms with Crippen molar-refractivity contribution in [1.29, 1.82) is 5.26 Å². The molecule has 0 saturated carbocycles. The molecule has 1 aliphatic heterocycles. The largest absolute Gasteiger partial charge is 0.371 e. The third-order valence-corrected chi connectivity index (χ3v) is 3.72. The second-order valence-electron chi connectivity index (χ2n) is 5.53. The van der Waals surface area contributed by atoms with Crippen molar-refractivity contribution in [2.75, 3.05) is 36.5 Å². The van der Waals surface area contributed by atoms with Gasteiger partial charge in [-0.05, 0) is 31.9 Å². The fourth-order valence-corrected chi connectivity index (χ4v) is 2.49. The second kappa shape index (κ2) is 5.50. The summed E-state index contributed by atoms with van der Waals surface area (Å²) in [5.41, 5.74) is 7.72. The lowest BCUT2D eigenvalue weighted by Gasteiger charge is -2.37. The SMILES string of the molecule is CN1CCN(CCCC(C)(N)C#N)c2ccccc21. The zero-order valence-electron chi connectivity index (χ0n) is 11.8. The molecule has 1 aromatic carbocycles. The summed E-state index contributed by atoms with van der Waals surface area (Å²) >= 11 is 0. The Morgan fingerprint density at radius 3 is 2.68 bits per heavy atom. The Bertz CT molecular complexity index is 475. The fraction of sp³-hybridized carbons (Fsp3) is 0.533. The van der Waals surface area contributed by atoms with Crippen LogP contribution in [0.15, 0.2) is 24.3 Å². The number of likely N-dealkylation sites (N-methyl/N-ethyl adjacent to an activating group) is 1. The Kier molecular flexibility index (Phi) is 3.96. The van der Waals surface area contributed by atoms with E-state index in [1.807, 2.05) is 0 Å². The minimum atomic E-state index is -0.702. The molecule has 0 radical (unpaired) electrons. The first-order valence-electron chi connectivity index (χ1n) is 6.79. The van der Waals surface area contributed by atoms with Gasteiger partial charge in [0.05, 0.1) is 17.4 Å². The molecule has 19 heavy (non-hydrogen) atoms. The number of hydrogen-bond donors (Lipinski definition) is 1. The molecule has 0 saturated heterocycles. The molecular weight excluding hydrogens is 236 g/mol. The van der Waals surface area contributed by atoms with E-state index >= 15 is 0 Å². The first-order chi connectivity index (χ1) is 9.03. The van der Waals surface area contributed by atoms with E-state index in [1.54, 1.807) is 6.92 Å². The molecule has 1 atom stereocenters. The number of hydrogen-bond acceptors (Lipinski definition) is 4. The molecule has 4 nitrogen and oxygen atoms in total. The Labute approximate surface area is 115 Å². The third-order valence-electron chi connectivity index (χ3n) is 3.72. The summed E-state index contributed by atoms with van der Waals surface area (Å²) < 4.78 is 0. The van der Waals surface area contributed by atoms with E-state index in [2.05, 4.69) is 47.2 Å². The molecule has 0 fully saturated rings. The van der Waals surface area contributed by atoms with Crippen molar-refractivity contribution in [3.8, 4) is 6.07 Å². The van der Waals surface area contributed by atoms with Crippen molar-refractivity contribution in [1.82, 2.24) is 0 Å². The normalized spacial score (nSPS) is 17.6. The number of para-hydroxylation sites is 2. The Morgan fingerprint density at radius 2 is 2.00 bits per heavy atom. The zero-order valence-corrected chi connectivity index (χ0v) is 11.8. The van der Waals surface area contributed by atoms with Crippen molar-refractivity contribution in [2.24, 2.45) is 5.73 Å². The van der Waals surface area contributed by atoms with Gasteiger partial charge in [-0.2, -0.15) is 5.26 Å². The minimum absolute atomic E-state index is 0.702. The van der Waals surface area contributed by atoms with Gasteiger partial charge in [-0.25, -0.2) is 0 Å². The minimum Gasteiger partial charge on any atom is -0.371 e. The van der Waals surface area contributed by atoms with Gasteiger partial charge in [0.2, 0.25) is 0 Å². The van der Waals surface area contributed by atoms with Gasteiger partial charge in [-0.1, -0.05) is 12.1 Å². The van der Waals surface area contributed by atoms with E-state index < -0.39 is 5.54 Å². The van der Waals surface area contributed by atoms with E-state index in [0.717, 1.165) is 32.5 Å². The highest BCUT2D eigenvalue weighted by Crippen LogP contribution is 2.31. The third kappa shape index (κ3) is 3.18. The number of nitriles is 1.